The number of benzene rings is 1. The lowest BCUT2D eigenvalue weighted by atomic mass is 9.95. The van der Waals surface area contributed by atoms with E-state index in [0.717, 1.165) is 12.8 Å². The molecule has 1 aliphatic carbocycles. The molecule has 1 aromatic heterocycles. The van der Waals surface area contributed by atoms with Gasteiger partial charge in [0.1, 0.15) is 6.54 Å². The van der Waals surface area contributed by atoms with E-state index in [2.05, 4.69) is 15.7 Å². The number of rotatable bonds is 5. The number of carbonyl (C=O) groups is 2. The quantitative estimate of drug-likeness (QED) is 0.725. The molecule has 0 radical (unpaired) electrons. The van der Waals surface area contributed by atoms with Crippen LogP contribution >= 0.6 is 0 Å². The van der Waals surface area contributed by atoms with Gasteiger partial charge in [-0.3, -0.25) is 14.3 Å². The Morgan fingerprint density at radius 2 is 1.96 bits per heavy atom. The van der Waals surface area contributed by atoms with Crippen LogP contribution < -0.4 is 16.4 Å². The van der Waals surface area contributed by atoms with Crippen molar-refractivity contribution in [3.63, 3.8) is 0 Å². The van der Waals surface area contributed by atoms with Crippen LogP contribution in [0.3, 0.4) is 0 Å². The zero-order chi connectivity index (χ0) is 17.6. The number of nitrogens with one attached hydrogen (secondary N) is 2. The summed E-state index contributed by atoms with van der Waals surface area (Å²) in [7, 11) is 0. The summed E-state index contributed by atoms with van der Waals surface area (Å²) in [5, 5.41) is 9.88. The van der Waals surface area contributed by atoms with Crippen LogP contribution in [0, 0.1) is 0 Å². The minimum Gasteiger partial charge on any atom is -0.397 e. The van der Waals surface area contributed by atoms with Crippen molar-refractivity contribution in [1.82, 2.24) is 15.1 Å². The number of hydrogen-bond acceptors (Lipinski definition) is 4. The first-order chi connectivity index (χ1) is 12.1. The predicted molar refractivity (Wildman–Crippen MR) is 96.1 cm³/mol. The molecule has 4 N–H and O–H groups in total. The van der Waals surface area contributed by atoms with Crippen LogP contribution in [0.15, 0.2) is 36.7 Å². The molecule has 3 rings (SSSR count). The highest BCUT2D eigenvalue weighted by Gasteiger charge is 2.17. The first kappa shape index (κ1) is 17.0. The van der Waals surface area contributed by atoms with Gasteiger partial charge in [-0.15, -0.1) is 0 Å². The summed E-state index contributed by atoms with van der Waals surface area (Å²) in [5.41, 5.74) is 7.25. The van der Waals surface area contributed by atoms with Gasteiger partial charge in [-0.05, 0) is 25.0 Å². The molecule has 7 nitrogen and oxygen atoms in total. The van der Waals surface area contributed by atoms with Gasteiger partial charge < -0.3 is 16.4 Å². The van der Waals surface area contributed by atoms with Crippen molar-refractivity contribution >= 4 is 23.2 Å². The number of carbonyl (C=O) groups excluding carboxylic acids is 2. The molecule has 132 valence electrons. The number of nitrogen functional groups attached to an aromatic ring is 1. The Labute approximate surface area is 146 Å². The monoisotopic (exact) mass is 341 g/mol. The van der Waals surface area contributed by atoms with E-state index in [-0.39, 0.29) is 24.4 Å². The minimum absolute atomic E-state index is 0.0748. The Bertz CT molecular complexity index is 749. The lowest BCUT2D eigenvalue weighted by Gasteiger charge is -2.22. The first-order valence-electron chi connectivity index (χ1n) is 8.59. The van der Waals surface area contributed by atoms with E-state index in [4.69, 9.17) is 5.73 Å². The van der Waals surface area contributed by atoms with Gasteiger partial charge in [0.2, 0.25) is 5.91 Å². The van der Waals surface area contributed by atoms with Gasteiger partial charge in [0.25, 0.3) is 5.91 Å². The highest BCUT2D eigenvalue weighted by atomic mass is 16.2. The zero-order valence-corrected chi connectivity index (χ0v) is 14.1. The predicted octanol–water partition coefficient (Wildman–Crippen LogP) is 2.17. The number of amides is 2. The second kappa shape index (κ2) is 7.83. The van der Waals surface area contributed by atoms with Gasteiger partial charge >= 0.3 is 0 Å². The molecule has 7 heteroatoms. The van der Waals surface area contributed by atoms with Crippen LogP contribution in [0.2, 0.25) is 0 Å². The molecule has 0 aliphatic heterocycles. The third kappa shape index (κ3) is 4.59. The van der Waals surface area contributed by atoms with Gasteiger partial charge in [0.15, 0.2) is 0 Å². The molecular weight excluding hydrogens is 318 g/mol. The van der Waals surface area contributed by atoms with Gasteiger partial charge in [-0.1, -0.05) is 31.4 Å². The van der Waals surface area contributed by atoms with E-state index in [1.54, 1.807) is 30.5 Å². The molecule has 1 heterocycles. The highest BCUT2D eigenvalue weighted by Crippen LogP contribution is 2.18. The summed E-state index contributed by atoms with van der Waals surface area (Å²) in [6.45, 7) is 0.108. The first-order valence-corrected chi connectivity index (χ1v) is 8.59. The van der Waals surface area contributed by atoms with Crippen LogP contribution in [-0.2, 0) is 11.3 Å². The Balaban J connectivity index is 1.55. The summed E-state index contributed by atoms with van der Waals surface area (Å²) >= 11 is 0. The summed E-state index contributed by atoms with van der Waals surface area (Å²) in [6, 6.07) is 7.31. The van der Waals surface area contributed by atoms with Gasteiger partial charge in [0.05, 0.1) is 23.1 Å². The minimum atomic E-state index is -0.308. The van der Waals surface area contributed by atoms with Gasteiger partial charge in [0, 0.05) is 12.2 Å². The normalized spacial score (nSPS) is 14.9. The Hall–Kier alpha value is -2.83. The van der Waals surface area contributed by atoms with Crippen LogP contribution in [0.1, 0.15) is 42.5 Å². The third-order valence-corrected chi connectivity index (χ3v) is 4.38. The number of anilines is 2. The second-order valence-corrected chi connectivity index (χ2v) is 6.37. The number of hydrogen-bond donors (Lipinski definition) is 3. The number of nitrogens with two attached hydrogens (primary N) is 1. The number of aromatic nitrogens is 2. The molecule has 0 saturated heterocycles. The number of para-hydroxylation sites is 2. The fourth-order valence-electron chi connectivity index (χ4n) is 3.04. The molecule has 0 unspecified atom stereocenters. The van der Waals surface area contributed by atoms with Crippen molar-refractivity contribution in [1.29, 1.82) is 0 Å². The zero-order valence-electron chi connectivity index (χ0n) is 14.1. The maximum Gasteiger partial charge on any atom is 0.258 e. The summed E-state index contributed by atoms with van der Waals surface area (Å²) in [6.07, 6.45) is 8.67. The topological polar surface area (TPSA) is 102 Å². The molecule has 25 heavy (non-hydrogen) atoms. The van der Waals surface area contributed by atoms with Crippen molar-refractivity contribution in [2.75, 3.05) is 11.1 Å². The molecule has 1 aliphatic rings. The van der Waals surface area contributed by atoms with Crippen LogP contribution in [0.5, 0.6) is 0 Å². The van der Waals surface area contributed by atoms with E-state index < -0.39 is 0 Å². The third-order valence-electron chi connectivity index (χ3n) is 4.38. The summed E-state index contributed by atoms with van der Waals surface area (Å²) in [4.78, 5) is 24.4. The van der Waals surface area contributed by atoms with Crippen molar-refractivity contribution in [3.05, 3.63) is 42.2 Å². The van der Waals surface area contributed by atoms with Gasteiger partial charge in [-0.2, -0.15) is 5.10 Å². The molecule has 2 amide bonds. The maximum absolute atomic E-state index is 12.3. The largest absolute Gasteiger partial charge is 0.397 e. The average Bonchev–Trinajstić information content (AvgIpc) is 3.06. The summed E-state index contributed by atoms with van der Waals surface area (Å²) < 4.78 is 1.47. The average molecular weight is 341 g/mol. The smallest absolute Gasteiger partial charge is 0.258 e. The summed E-state index contributed by atoms with van der Waals surface area (Å²) in [5.74, 6) is -0.383. The fourth-order valence-corrected chi connectivity index (χ4v) is 3.04. The van der Waals surface area contributed by atoms with E-state index >= 15 is 0 Å². The highest BCUT2D eigenvalue weighted by molar-refractivity contribution is 6.05. The molecule has 2 aromatic rings. The van der Waals surface area contributed by atoms with Gasteiger partial charge in [-0.25, -0.2) is 0 Å². The van der Waals surface area contributed by atoms with E-state index in [1.165, 1.54) is 30.1 Å². The van der Waals surface area contributed by atoms with E-state index in [0.29, 0.717) is 16.9 Å². The maximum atomic E-state index is 12.3. The van der Waals surface area contributed by atoms with E-state index in [1.807, 2.05) is 0 Å². The molecule has 0 spiro atoms. The van der Waals surface area contributed by atoms with Crippen molar-refractivity contribution in [3.8, 4) is 0 Å². The van der Waals surface area contributed by atoms with E-state index in [9.17, 15) is 9.59 Å². The van der Waals surface area contributed by atoms with Crippen molar-refractivity contribution in [2.45, 2.75) is 44.7 Å². The van der Waals surface area contributed by atoms with Crippen LogP contribution in [0.25, 0.3) is 0 Å². The Morgan fingerprint density at radius 3 is 2.72 bits per heavy atom. The lowest BCUT2D eigenvalue weighted by Crippen LogP contribution is -2.38. The second-order valence-electron chi connectivity index (χ2n) is 6.37. The molecule has 1 saturated carbocycles. The molecule has 1 aromatic carbocycles. The Morgan fingerprint density at radius 1 is 1.20 bits per heavy atom. The molecular formula is C18H23N5O2. The lowest BCUT2D eigenvalue weighted by molar-refractivity contribution is -0.122. The van der Waals surface area contributed by atoms with Crippen molar-refractivity contribution < 1.29 is 9.59 Å². The molecule has 1 fully saturated rings. The molecule has 0 bridgehead atoms. The fraction of sp³-hybridized carbons (Fsp3) is 0.389. The standard InChI is InChI=1S/C18H23N5O2/c19-15-8-4-5-9-16(15)22-18(25)13-10-20-23(11-13)12-17(24)21-14-6-2-1-3-7-14/h4-5,8-11,14H,1-3,6-7,12,19H2,(H,21,24)(H,22,25). The number of nitrogens with zero attached hydrogens (tertiary/aromatic N) is 2. The van der Waals surface area contributed by atoms with Crippen LogP contribution in [0.4, 0.5) is 11.4 Å². The Kier molecular flexibility index (Phi) is 5.33. The van der Waals surface area contributed by atoms with Crippen molar-refractivity contribution in [2.24, 2.45) is 0 Å². The van der Waals surface area contributed by atoms with Crippen LogP contribution in [-0.4, -0.2) is 27.6 Å². The SMILES string of the molecule is Nc1ccccc1NC(=O)c1cnn(CC(=O)NC2CCCCC2)c1. The molecule has 0 atom stereocenters.